The predicted octanol–water partition coefficient (Wildman–Crippen LogP) is 3.07. The quantitative estimate of drug-likeness (QED) is 0.637. The lowest BCUT2D eigenvalue weighted by Gasteiger charge is -2.08. The molecule has 3 aromatic rings. The Morgan fingerprint density at radius 2 is 1.61 bits per heavy atom. The highest BCUT2D eigenvalue weighted by atomic mass is 14.7. The molecule has 0 saturated carbocycles. The van der Waals surface area contributed by atoms with Gasteiger partial charge in [-0.3, -0.25) is 4.98 Å². The fraction of sp³-hybridized carbons (Fsp3) is 0. The van der Waals surface area contributed by atoms with Crippen LogP contribution in [0.4, 0.5) is 11.4 Å². The average molecular weight is 235 g/mol. The highest BCUT2D eigenvalue weighted by molar-refractivity contribution is 6.00. The molecule has 3 rings (SSSR count). The van der Waals surface area contributed by atoms with E-state index in [1.165, 1.54) is 0 Å². The van der Waals surface area contributed by atoms with Crippen LogP contribution < -0.4 is 11.5 Å². The molecule has 0 aliphatic rings. The van der Waals surface area contributed by atoms with Crippen LogP contribution in [-0.4, -0.2) is 4.98 Å². The molecule has 0 unspecified atom stereocenters. The van der Waals surface area contributed by atoms with E-state index in [0.717, 1.165) is 33.4 Å². The Hall–Kier alpha value is -2.55. The van der Waals surface area contributed by atoms with Crippen LogP contribution in [0.15, 0.2) is 54.7 Å². The molecule has 0 fully saturated rings. The minimum atomic E-state index is 0.747. The number of aromatic nitrogens is 1. The second kappa shape index (κ2) is 4.04. The van der Waals surface area contributed by atoms with Gasteiger partial charge in [0.25, 0.3) is 0 Å². The Balaban J connectivity index is 2.30. The van der Waals surface area contributed by atoms with Crippen LogP contribution >= 0.6 is 0 Å². The first-order valence-electron chi connectivity index (χ1n) is 5.75. The third kappa shape index (κ3) is 1.66. The molecule has 2 aromatic carbocycles. The molecular formula is C15H13N3. The van der Waals surface area contributed by atoms with Gasteiger partial charge in [-0.2, -0.15) is 0 Å². The number of pyridine rings is 1. The molecule has 0 spiro atoms. The minimum absolute atomic E-state index is 0.747. The van der Waals surface area contributed by atoms with Gasteiger partial charge in [0, 0.05) is 28.5 Å². The number of nitrogens with zero attached hydrogens (tertiary/aromatic N) is 1. The van der Waals surface area contributed by atoms with E-state index in [-0.39, 0.29) is 0 Å². The molecule has 1 heterocycles. The van der Waals surface area contributed by atoms with Gasteiger partial charge in [0.2, 0.25) is 0 Å². The summed E-state index contributed by atoms with van der Waals surface area (Å²) in [5.74, 6) is 0. The number of fused-ring (bicyclic) bond motifs is 1. The van der Waals surface area contributed by atoms with Crippen LogP contribution in [0.25, 0.3) is 22.0 Å². The summed E-state index contributed by atoms with van der Waals surface area (Å²) in [5, 5.41) is 0.979. The van der Waals surface area contributed by atoms with Crippen LogP contribution in [0.3, 0.4) is 0 Å². The fourth-order valence-corrected chi connectivity index (χ4v) is 2.09. The lowest BCUT2D eigenvalue weighted by Crippen LogP contribution is -1.91. The molecular weight excluding hydrogens is 222 g/mol. The molecule has 0 bridgehead atoms. The molecule has 3 heteroatoms. The normalized spacial score (nSPS) is 10.7. The van der Waals surface area contributed by atoms with E-state index in [1.54, 1.807) is 6.20 Å². The molecule has 0 aliphatic heterocycles. The zero-order chi connectivity index (χ0) is 12.5. The van der Waals surface area contributed by atoms with Gasteiger partial charge in [0.15, 0.2) is 0 Å². The molecule has 0 radical (unpaired) electrons. The van der Waals surface area contributed by atoms with Crippen molar-refractivity contribution in [2.75, 3.05) is 11.5 Å². The molecule has 18 heavy (non-hydrogen) atoms. The molecule has 0 atom stereocenters. The van der Waals surface area contributed by atoms with E-state index < -0.39 is 0 Å². The Morgan fingerprint density at radius 1 is 0.833 bits per heavy atom. The third-order valence-electron chi connectivity index (χ3n) is 3.03. The van der Waals surface area contributed by atoms with Crippen molar-refractivity contribution < 1.29 is 0 Å². The van der Waals surface area contributed by atoms with Crippen LogP contribution in [-0.2, 0) is 0 Å². The molecule has 3 nitrogen and oxygen atoms in total. The first kappa shape index (κ1) is 10.6. The number of benzene rings is 2. The van der Waals surface area contributed by atoms with E-state index >= 15 is 0 Å². The van der Waals surface area contributed by atoms with Crippen LogP contribution in [0, 0.1) is 0 Å². The molecule has 0 amide bonds. The number of rotatable bonds is 1. The van der Waals surface area contributed by atoms with Gasteiger partial charge in [0.1, 0.15) is 0 Å². The van der Waals surface area contributed by atoms with Crippen molar-refractivity contribution in [1.82, 2.24) is 4.98 Å². The van der Waals surface area contributed by atoms with E-state index in [1.807, 2.05) is 48.5 Å². The summed E-state index contributed by atoms with van der Waals surface area (Å²) in [7, 11) is 0. The largest absolute Gasteiger partial charge is 0.399 e. The highest BCUT2D eigenvalue weighted by Gasteiger charge is 2.06. The van der Waals surface area contributed by atoms with Crippen LogP contribution in [0.5, 0.6) is 0 Å². The Kier molecular flexibility index (Phi) is 2.38. The van der Waals surface area contributed by atoms with Crippen molar-refractivity contribution in [3.8, 4) is 11.1 Å². The van der Waals surface area contributed by atoms with E-state index in [4.69, 9.17) is 11.5 Å². The lowest BCUT2D eigenvalue weighted by atomic mass is 10.0. The van der Waals surface area contributed by atoms with Gasteiger partial charge in [-0.05, 0) is 35.9 Å². The SMILES string of the molecule is Nc1ccc(-c2ccc(N)c3cccnc23)cc1. The Morgan fingerprint density at radius 3 is 2.39 bits per heavy atom. The van der Waals surface area contributed by atoms with Crippen molar-refractivity contribution in [2.24, 2.45) is 0 Å². The number of hydrogen-bond donors (Lipinski definition) is 2. The van der Waals surface area contributed by atoms with Gasteiger partial charge in [-0.25, -0.2) is 0 Å². The van der Waals surface area contributed by atoms with Gasteiger partial charge in [-0.1, -0.05) is 18.2 Å². The summed E-state index contributed by atoms with van der Waals surface area (Å²) in [6.07, 6.45) is 1.78. The summed E-state index contributed by atoms with van der Waals surface area (Å²) < 4.78 is 0. The maximum absolute atomic E-state index is 5.97. The molecule has 0 saturated heterocycles. The Labute approximate surface area is 105 Å². The first-order chi connectivity index (χ1) is 8.75. The van der Waals surface area contributed by atoms with Crippen molar-refractivity contribution in [1.29, 1.82) is 0 Å². The predicted molar refractivity (Wildman–Crippen MR) is 76.0 cm³/mol. The maximum atomic E-state index is 5.97. The number of nitrogen functional groups attached to an aromatic ring is 2. The molecule has 0 aliphatic carbocycles. The van der Waals surface area contributed by atoms with E-state index in [2.05, 4.69) is 4.98 Å². The smallest absolute Gasteiger partial charge is 0.0800 e. The number of anilines is 2. The zero-order valence-corrected chi connectivity index (χ0v) is 9.80. The van der Waals surface area contributed by atoms with Crippen molar-refractivity contribution in [2.45, 2.75) is 0 Å². The summed E-state index contributed by atoms with van der Waals surface area (Å²) in [5.41, 5.74) is 16.3. The lowest BCUT2D eigenvalue weighted by molar-refractivity contribution is 1.41. The van der Waals surface area contributed by atoms with Gasteiger partial charge in [-0.15, -0.1) is 0 Å². The van der Waals surface area contributed by atoms with Crippen molar-refractivity contribution >= 4 is 22.3 Å². The first-order valence-corrected chi connectivity index (χ1v) is 5.75. The maximum Gasteiger partial charge on any atom is 0.0800 e. The average Bonchev–Trinajstić information content (AvgIpc) is 2.41. The van der Waals surface area contributed by atoms with Crippen LogP contribution in [0.1, 0.15) is 0 Å². The van der Waals surface area contributed by atoms with Gasteiger partial charge >= 0.3 is 0 Å². The fourth-order valence-electron chi connectivity index (χ4n) is 2.09. The molecule has 88 valence electrons. The molecule has 1 aromatic heterocycles. The van der Waals surface area contributed by atoms with Gasteiger partial charge < -0.3 is 11.5 Å². The standard InChI is InChI=1S/C15H13N3/c16-11-5-3-10(4-6-11)12-7-8-14(17)13-2-1-9-18-15(12)13/h1-9H,16-17H2. The topological polar surface area (TPSA) is 64.9 Å². The summed E-state index contributed by atoms with van der Waals surface area (Å²) in [6, 6.07) is 15.6. The van der Waals surface area contributed by atoms with Crippen molar-refractivity contribution in [3.63, 3.8) is 0 Å². The second-order valence-corrected chi connectivity index (χ2v) is 4.22. The number of nitrogens with two attached hydrogens (primary N) is 2. The summed E-state index contributed by atoms with van der Waals surface area (Å²) >= 11 is 0. The summed E-state index contributed by atoms with van der Waals surface area (Å²) in [6.45, 7) is 0. The zero-order valence-electron chi connectivity index (χ0n) is 9.80. The second-order valence-electron chi connectivity index (χ2n) is 4.22. The number of hydrogen-bond acceptors (Lipinski definition) is 3. The Bertz CT molecular complexity index is 703. The van der Waals surface area contributed by atoms with E-state index in [9.17, 15) is 0 Å². The minimum Gasteiger partial charge on any atom is -0.399 e. The van der Waals surface area contributed by atoms with Gasteiger partial charge in [0.05, 0.1) is 5.52 Å². The molecule has 4 N–H and O–H groups in total. The third-order valence-corrected chi connectivity index (χ3v) is 3.03. The summed E-state index contributed by atoms with van der Waals surface area (Å²) in [4.78, 5) is 4.43. The highest BCUT2D eigenvalue weighted by Crippen LogP contribution is 2.30. The van der Waals surface area contributed by atoms with Crippen molar-refractivity contribution in [3.05, 3.63) is 54.7 Å². The van der Waals surface area contributed by atoms with Crippen LogP contribution in [0.2, 0.25) is 0 Å². The van der Waals surface area contributed by atoms with E-state index in [0.29, 0.717) is 0 Å². The monoisotopic (exact) mass is 235 g/mol.